The number of nitrogens with one attached hydrogen (secondary N) is 2. The molecule has 5 heteroatoms. The number of anilines is 3. The number of carbonyl (C=O) groups excluding carboxylic acids is 1. The van der Waals surface area contributed by atoms with Crippen molar-refractivity contribution in [1.29, 1.82) is 0 Å². The normalized spacial score (nSPS) is 10.4. The van der Waals surface area contributed by atoms with Crippen molar-refractivity contribution in [3.8, 4) is 0 Å². The number of amides is 1. The standard InChI is InChI=1S/C21H22N4O/c1-4-16-8-10-17(11-9-16)24-19-13-22-18(12-23-19)21(26)25-20-14(2)6-5-7-15(20)3/h5-13H,4H2,1-3H3,(H,23,24)(H,25,26). The zero-order valence-electron chi connectivity index (χ0n) is 15.2. The second kappa shape index (κ2) is 7.78. The lowest BCUT2D eigenvalue weighted by Crippen LogP contribution is -2.15. The van der Waals surface area contributed by atoms with Crippen LogP contribution in [0.4, 0.5) is 17.2 Å². The van der Waals surface area contributed by atoms with Gasteiger partial charge in [0.05, 0.1) is 12.4 Å². The molecule has 0 aliphatic rings. The van der Waals surface area contributed by atoms with Gasteiger partial charge in [0, 0.05) is 11.4 Å². The van der Waals surface area contributed by atoms with Gasteiger partial charge in [-0.15, -0.1) is 0 Å². The van der Waals surface area contributed by atoms with Crippen molar-refractivity contribution in [3.05, 3.63) is 77.2 Å². The van der Waals surface area contributed by atoms with E-state index in [1.165, 1.54) is 11.8 Å². The van der Waals surface area contributed by atoms with Crippen LogP contribution in [0.5, 0.6) is 0 Å². The van der Waals surface area contributed by atoms with Crippen LogP contribution in [-0.4, -0.2) is 15.9 Å². The topological polar surface area (TPSA) is 66.9 Å². The highest BCUT2D eigenvalue weighted by Gasteiger charge is 2.11. The zero-order chi connectivity index (χ0) is 18.5. The van der Waals surface area contributed by atoms with Gasteiger partial charge in [-0.3, -0.25) is 4.79 Å². The van der Waals surface area contributed by atoms with Crippen molar-refractivity contribution in [2.24, 2.45) is 0 Å². The Labute approximate surface area is 153 Å². The average Bonchev–Trinajstić information content (AvgIpc) is 2.66. The minimum atomic E-state index is -0.270. The molecule has 26 heavy (non-hydrogen) atoms. The molecule has 0 saturated heterocycles. The molecular weight excluding hydrogens is 324 g/mol. The quantitative estimate of drug-likeness (QED) is 0.705. The van der Waals surface area contributed by atoms with Crippen LogP contribution in [0.2, 0.25) is 0 Å². The molecule has 2 N–H and O–H groups in total. The maximum absolute atomic E-state index is 12.4. The van der Waals surface area contributed by atoms with E-state index < -0.39 is 0 Å². The summed E-state index contributed by atoms with van der Waals surface area (Å²) >= 11 is 0. The van der Waals surface area contributed by atoms with Gasteiger partial charge in [-0.25, -0.2) is 9.97 Å². The number of benzene rings is 2. The highest BCUT2D eigenvalue weighted by molar-refractivity contribution is 6.03. The van der Waals surface area contributed by atoms with Gasteiger partial charge >= 0.3 is 0 Å². The fourth-order valence-corrected chi connectivity index (χ4v) is 2.67. The summed E-state index contributed by atoms with van der Waals surface area (Å²) in [4.78, 5) is 20.9. The number of nitrogens with zero attached hydrogens (tertiary/aromatic N) is 2. The van der Waals surface area contributed by atoms with Crippen molar-refractivity contribution in [2.75, 3.05) is 10.6 Å². The Hall–Kier alpha value is -3.21. The van der Waals surface area contributed by atoms with Gasteiger partial charge in [0.1, 0.15) is 11.5 Å². The Balaban J connectivity index is 1.69. The molecule has 0 atom stereocenters. The van der Waals surface area contributed by atoms with Crippen molar-refractivity contribution in [3.63, 3.8) is 0 Å². The maximum atomic E-state index is 12.4. The van der Waals surface area contributed by atoms with Crippen molar-refractivity contribution in [1.82, 2.24) is 9.97 Å². The second-order valence-corrected chi connectivity index (χ2v) is 6.18. The molecule has 0 saturated carbocycles. The first-order valence-corrected chi connectivity index (χ1v) is 8.62. The molecule has 1 amide bonds. The highest BCUT2D eigenvalue weighted by Crippen LogP contribution is 2.20. The first-order valence-electron chi connectivity index (χ1n) is 8.62. The monoisotopic (exact) mass is 346 g/mol. The summed E-state index contributed by atoms with van der Waals surface area (Å²) in [6.07, 6.45) is 4.04. The second-order valence-electron chi connectivity index (χ2n) is 6.18. The average molecular weight is 346 g/mol. The van der Waals surface area contributed by atoms with Gasteiger partial charge in [-0.2, -0.15) is 0 Å². The number of aryl methyl sites for hydroxylation is 3. The number of hydrogen-bond donors (Lipinski definition) is 2. The molecule has 0 spiro atoms. The molecule has 3 rings (SSSR count). The summed E-state index contributed by atoms with van der Waals surface area (Å²) in [7, 11) is 0. The lowest BCUT2D eigenvalue weighted by molar-refractivity contribution is 0.102. The number of carbonyl (C=O) groups is 1. The first kappa shape index (κ1) is 17.6. The van der Waals surface area contributed by atoms with Crippen LogP contribution in [0, 0.1) is 13.8 Å². The number of rotatable bonds is 5. The fourth-order valence-electron chi connectivity index (χ4n) is 2.67. The Morgan fingerprint density at radius 1 is 0.962 bits per heavy atom. The van der Waals surface area contributed by atoms with E-state index in [2.05, 4.69) is 39.7 Å². The van der Waals surface area contributed by atoms with Crippen LogP contribution in [0.25, 0.3) is 0 Å². The number of para-hydroxylation sites is 1. The molecule has 0 aliphatic carbocycles. The Bertz CT molecular complexity index is 882. The van der Waals surface area contributed by atoms with Gasteiger partial charge in [-0.05, 0) is 49.1 Å². The van der Waals surface area contributed by atoms with E-state index in [1.54, 1.807) is 6.20 Å². The lowest BCUT2D eigenvalue weighted by atomic mass is 10.1. The number of aromatic nitrogens is 2. The smallest absolute Gasteiger partial charge is 0.275 e. The molecule has 2 aromatic carbocycles. The van der Waals surface area contributed by atoms with Gasteiger partial charge in [-0.1, -0.05) is 37.3 Å². The molecule has 3 aromatic rings. The van der Waals surface area contributed by atoms with E-state index >= 15 is 0 Å². The predicted molar refractivity (Wildman–Crippen MR) is 105 cm³/mol. The third-order valence-corrected chi connectivity index (χ3v) is 4.24. The molecule has 1 heterocycles. The molecule has 0 aliphatic heterocycles. The fraction of sp³-hybridized carbons (Fsp3) is 0.190. The first-order chi connectivity index (χ1) is 12.6. The summed E-state index contributed by atoms with van der Waals surface area (Å²) in [6.45, 7) is 6.05. The SMILES string of the molecule is CCc1ccc(Nc2cnc(C(=O)Nc3c(C)cccc3C)cn2)cc1. The highest BCUT2D eigenvalue weighted by atomic mass is 16.1. The summed E-state index contributed by atoms with van der Waals surface area (Å²) < 4.78 is 0. The summed E-state index contributed by atoms with van der Waals surface area (Å²) in [6, 6.07) is 14.0. The van der Waals surface area contributed by atoms with Crippen LogP contribution < -0.4 is 10.6 Å². The van der Waals surface area contributed by atoms with Gasteiger partial charge in [0.25, 0.3) is 5.91 Å². The van der Waals surface area contributed by atoms with Crippen LogP contribution in [0.3, 0.4) is 0 Å². The van der Waals surface area contributed by atoms with Crippen LogP contribution in [-0.2, 0) is 6.42 Å². The van der Waals surface area contributed by atoms with Crippen LogP contribution in [0.1, 0.15) is 34.1 Å². The summed E-state index contributed by atoms with van der Waals surface area (Å²) in [5.74, 6) is 0.326. The Morgan fingerprint density at radius 3 is 2.23 bits per heavy atom. The van der Waals surface area contributed by atoms with Crippen molar-refractivity contribution < 1.29 is 4.79 Å². The van der Waals surface area contributed by atoms with E-state index in [4.69, 9.17) is 0 Å². The zero-order valence-corrected chi connectivity index (χ0v) is 15.2. The maximum Gasteiger partial charge on any atom is 0.275 e. The van der Waals surface area contributed by atoms with E-state index in [-0.39, 0.29) is 11.6 Å². The molecule has 0 bridgehead atoms. The van der Waals surface area contributed by atoms with E-state index in [0.29, 0.717) is 5.82 Å². The molecule has 0 unspecified atom stereocenters. The third kappa shape index (κ3) is 4.06. The third-order valence-electron chi connectivity index (χ3n) is 4.24. The Morgan fingerprint density at radius 2 is 1.65 bits per heavy atom. The van der Waals surface area contributed by atoms with Gasteiger partial charge in [0.15, 0.2) is 0 Å². The molecule has 5 nitrogen and oxygen atoms in total. The van der Waals surface area contributed by atoms with E-state index in [0.717, 1.165) is 28.9 Å². The molecule has 1 aromatic heterocycles. The summed E-state index contributed by atoms with van der Waals surface area (Å²) in [5.41, 5.74) is 5.33. The Kier molecular flexibility index (Phi) is 5.27. The lowest BCUT2D eigenvalue weighted by Gasteiger charge is -2.11. The molecular formula is C21H22N4O. The minimum absolute atomic E-state index is 0.270. The van der Waals surface area contributed by atoms with E-state index in [1.807, 2.05) is 44.2 Å². The largest absolute Gasteiger partial charge is 0.339 e. The van der Waals surface area contributed by atoms with E-state index in [9.17, 15) is 4.79 Å². The van der Waals surface area contributed by atoms with Gasteiger partial charge in [0.2, 0.25) is 0 Å². The van der Waals surface area contributed by atoms with Crippen LogP contribution >= 0.6 is 0 Å². The van der Waals surface area contributed by atoms with Crippen LogP contribution in [0.15, 0.2) is 54.9 Å². The van der Waals surface area contributed by atoms with Crippen molar-refractivity contribution >= 4 is 23.1 Å². The minimum Gasteiger partial charge on any atom is -0.339 e. The molecule has 132 valence electrons. The predicted octanol–water partition coefficient (Wildman–Crippen LogP) is 4.65. The molecule has 0 fully saturated rings. The summed E-state index contributed by atoms with van der Waals surface area (Å²) in [5, 5.41) is 6.10. The molecule has 0 radical (unpaired) electrons. The van der Waals surface area contributed by atoms with Gasteiger partial charge < -0.3 is 10.6 Å². The number of hydrogen-bond acceptors (Lipinski definition) is 4. The van der Waals surface area contributed by atoms with Crippen molar-refractivity contribution in [2.45, 2.75) is 27.2 Å².